The number of carbonyl (C=O) groups excluding carboxylic acids is 4. The summed E-state index contributed by atoms with van der Waals surface area (Å²) < 4.78 is 0. The van der Waals surface area contributed by atoms with Crippen LogP contribution >= 0.6 is 0 Å². The lowest BCUT2D eigenvalue weighted by Gasteiger charge is -2.52. The van der Waals surface area contributed by atoms with E-state index in [1.807, 2.05) is 91.0 Å². The van der Waals surface area contributed by atoms with Crippen molar-refractivity contribution < 1.29 is 19.2 Å². The lowest BCUT2D eigenvalue weighted by molar-refractivity contribution is -0.140. The molecule has 47 heavy (non-hydrogen) atoms. The van der Waals surface area contributed by atoms with Gasteiger partial charge in [0.15, 0.2) is 0 Å². The molecule has 4 fully saturated rings. The van der Waals surface area contributed by atoms with Gasteiger partial charge in [-0.15, -0.1) is 0 Å². The van der Waals surface area contributed by atoms with Crippen LogP contribution in [0.5, 0.6) is 0 Å². The Labute approximate surface area is 270 Å². The minimum absolute atomic E-state index is 0.0871. The maximum absolute atomic E-state index is 15.0. The first-order valence-electron chi connectivity index (χ1n) is 16.7. The normalized spacial score (nSPS) is 36.6. The maximum atomic E-state index is 15.0. The van der Waals surface area contributed by atoms with E-state index in [0.717, 1.165) is 44.5 Å². The van der Waals surface area contributed by atoms with Crippen molar-refractivity contribution in [3.8, 4) is 0 Å². The van der Waals surface area contributed by atoms with E-state index >= 15 is 0 Å². The molecule has 7 heteroatoms. The summed E-state index contributed by atoms with van der Waals surface area (Å²) in [6.45, 7) is 0. The lowest BCUT2D eigenvalue weighted by Crippen LogP contribution is -2.55. The van der Waals surface area contributed by atoms with E-state index in [1.165, 1.54) is 4.90 Å². The molecule has 2 heterocycles. The van der Waals surface area contributed by atoms with E-state index in [0.29, 0.717) is 17.5 Å². The fourth-order valence-corrected chi connectivity index (χ4v) is 10.9. The van der Waals surface area contributed by atoms with Gasteiger partial charge in [0.05, 0.1) is 34.8 Å². The van der Waals surface area contributed by atoms with Crippen LogP contribution in [0, 0.1) is 47.3 Å². The molecular formula is C40H29N3O4. The molecule has 8 atom stereocenters. The topological polar surface area (TPSA) is 87.1 Å². The number of benzene rings is 4. The van der Waals surface area contributed by atoms with Gasteiger partial charge in [0.2, 0.25) is 11.8 Å². The summed E-state index contributed by atoms with van der Waals surface area (Å²) in [5, 5.41) is 7.68. The number of carbonyl (C=O) groups is 4. The summed E-state index contributed by atoms with van der Waals surface area (Å²) in [6, 6.07) is 29.5. The molecule has 4 amide bonds. The molecule has 4 aromatic carbocycles. The Morgan fingerprint density at radius 3 is 1.91 bits per heavy atom. The summed E-state index contributed by atoms with van der Waals surface area (Å²) in [5.74, 6) is -2.39. The fourth-order valence-electron chi connectivity index (χ4n) is 10.9. The van der Waals surface area contributed by atoms with Crippen molar-refractivity contribution in [1.82, 2.24) is 5.01 Å². The van der Waals surface area contributed by atoms with E-state index < -0.39 is 17.3 Å². The third-order valence-corrected chi connectivity index (χ3v) is 12.7. The highest BCUT2D eigenvalue weighted by atomic mass is 16.2. The third-order valence-electron chi connectivity index (χ3n) is 12.7. The molecule has 7 aliphatic carbocycles. The number of allylic oxidation sites excluding steroid dienone is 2. The van der Waals surface area contributed by atoms with E-state index in [-0.39, 0.29) is 53.2 Å². The van der Waals surface area contributed by atoms with E-state index in [9.17, 15) is 19.2 Å². The molecule has 7 nitrogen and oxygen atoms in total. The molecule has 0 N–H and O–H groups in total. The molecule has 13 rings (SSSR count). The highest BCUT2D eigenvalue weighted by molar-refractivity contribution is 6.27. The van der Waals surface area contributed by atoms with Crippen LogP contribution in [0.2, 0.25) is 0 Å². The van der Waals surface area contributed by atoms with Crippen LogP contribution in [0.1, 0.15) is 34.6 Å². The Hall–Kier alpha value is -5.17. The molecule has 4 bridgehead atoms. The first-order chi connectivity index (χ1) is 23.0. The fraction of sp³-hybridized carbons (Fsp3) is 0.275. The Balaban J connectivity index is 1.10. The van der Waals surface area contributed by atoms with Gasteiger partial charge in [0.1, 0.15) is 0 Å². The van der Waals surface area contributed by atoms with Crippen LogP contribution in [-0.4, -0.2) is 34.9 Å². The van der Waals surface area contributed by atoms with Gasteiger partial charge < -0.3 is 0 Å². The molecule has 0 aromatic heterocycles. The van der Waals surface area contributed by atoms with Crippen LogP contribution < -0.4 is 4.90 Å². The maximum Gasteiger partial charge on any atom is 0.254 e. The molecule has 0 radical (unpaired) electrons. The van der Waals surface area contributed by atoms with Crippen molar-refractivity contribution >= 4 is 46.3 Å². The SMILES string of the molecule is O=C1[C@@H]2[C@H]3C=C[C@@H]([C@@H]4C[C@H]34)[C@@H]2C(=O)N1/N=C\C12c3ccccc3C(c3ccccc31)[C@H]1C(=O)N(c3cccc4ccccc34)C(=O)[C@@H]12. The van der Waals surface area contributed by atoms with Gasteiger partial charge in [0, 0.05) is 17.5 Å². The zero-order chi connectivity index (χ0) is 31.3. The smallest absolute Gasteiger partial charge is 0.254 e. The number of amides is 4. The first kappa shape index (κ1) is 26.0. The van der Waals surface area contributed by atoms with Crippen molar-refractivity contribution in [2.45, 2.75) is 17.8 Å². The predicted octanol–water partition coefficient (Wildman–Crippen LogP) is 5.43. The third kappa shape index (κ3) is 2.93. The van der Waals surface area contributed by atoms with Gasteiger partial charge >= 0.3 is 0 Å². The quantitative estimate of drug-likeness (QED) is 0.175. The highest BCUT2D eigenvalue weighted by Gasteiger charge is 2.70. The van der Waals surface area contributed by atoms with Crippen LogP contribution in [0.25, 0.3) is 10.8 Å². The van der Waals surface area contributed by atoms with E-state index in [2.05, 4.69) is 12.2 Å². The number of nitrogens with zero attached hydrogens (tertiary/aromatic N) is 3. The van der Waals surface area contributed by atoms with Crippen molar-refractivity contribution in [2.75, 3.05) is 4.90 Å². The Morgan fingerprint density at radius 1 is 0.638 bits per heavy atom. The van der Waals surface area contributed by atoms with E-state index in [1.54, 1.807) is 6.21 Å². The van der Waals surface area contributed by atoms with Crippen molar-refractivity contribution in [2.24, 2.45) is 52.4 Å². The van der Waals surface area contributed by atoms with Crippen LogP contribution in [0.15, 0.2) is 108 Å². The number of anilines is 1. The predicted molar refractivity (Wildman–Crippen MR) is 174 cm³/mol. The second-order valence-electron chi connectivity index (χ2n) is 14.4. The highest BCUT2D eigenvalue weighted by Crippen LogP contribution is 2.66. The number of hydrogen-bond donors (Lipinski definition) is 0. The lowest BCUT2D eigenvalue weighted by atomic mass is 9.47. The van der Waals surface area contributed by atoms with E-state index in [4.69, 9.17) is 5.10 Å². The summed E-state index contributed by atoms with van der Waals surface area (Å²) in [7, 11) is 0. The Bertz CT molecular complexity index is 2130. The second-order valence-corrected chi connectivity index (χ2v) is 14.4. The van der Waals surface area contributed by atoms with Gasteiger partial charge in [-0.3, -0.25) is 19.2 Å². The van der Waals surface area contributed by atoms with Gasteiger partial charge in [-0.05, 0) is 63.8 Å². The minimum Gasteiger partial charge on any atom is -0.274 e. The molecule has 228 valence electrons. The van der Waals surface area contributed by atoms with Crippen LogP contribution in [0.4, 0.5) is 5.69 Å². The average Bonchev–Trinajstić information content (AvgIpc) is 3.85. The largest absolute Gasteiger partial charge is 0.274 e. The molecule has 4 aromatic rings. The van der Waals surface area contributed by atoms with Gasteiger partial charge in [-0.25, -0.2) is 4.90 Å². The summed E-state index contributed by atoms with van der Waals surface area (Å²) in [4.78, 5) is 59.1. The van der Waals surface area contributed by atoms with Crippen LogP contribution in [0.3, 0.4) is 0 Å². The summed E-state index contributed by atoms with van der Waals surface area (Å²) in [5.41, 5.74) is 3.17. The number of rotatable bonds is 3. The molecule has 2 saturated heterocycles. The van der Waals surface area contributed by atoms with Crippen molar-refractivity contribution in [3.63, 3.8) is 0 Å². The molecule has 2 aliphatic heterocycles. The monoisotopic (exact) mass is 615 g/mol. The summed E-state index contributed by atoms with van der Waals surface area (Å²) in [6.07, 6.45) is 7.07. The Morgan fingerprint density at radius 2 is 1.23 bits per heavy atom. The standard InChI is InChI=1S/C40H29N3O4/c44-36-34-31-24-11-3-5-13-28(24)40(29-14-6-4-12-25(29)31,35(34)39(47)42(36)30-15-7-9-20-8-1-2-10-21(20)30)19-41-43-37(45)32-22-16-17-23(27-18-26(22)27)33(32)38(43)46/h1-17,19,22-23,26-27,31-35H,18H2/b41-19-/t22-,23-,26-,27+,31?,32-,33+,34+,35+,40?/m0/s1. The summed E-state index contributed by atoms with van der Waals surface area (Å²) >= 11 is 0. The van der Waals surface area contributed by atoms with Gasteiger partial charge in [-0.2, -0.15) is 10.1 Å². The second kappa shape index (κ2) is 8.59. The molecular weight excluding hydrogens is 586 g/mol. The zero-order valence-corrected chi connectivity index (χ0v) is 25.3. The first-order valence-corrected chi connectivity index (χ1v) is 16.7. The number of imide groups is 2. The number of hydrazone groups is 1. The van der Waals surface area contributed by atoms with Crippen LogP contribution in [-0.2, 0) is 24.6 Å². The average molecular weight is 616 g/mol. The van der Waals surface area contributed by atoms with Crippen molar-refractivity contribution in [3.05, 3.63) is 125 Å². The molecule has 2 saturated carbocycles. The Kier molecular flexibility index (Phi) is 4.75. The van der Waals surface area contributed by atoms with Crippen molar-refractivity contribution in [1.29, 1.82) is 0 Å². The minimum atomic E-state index is -1.16. The molecule has 0 spiro atoms. The molecule has 0 unspecified atom stereocenters. The zero-order valence-electron chi connectivity index (χ0n) is 25.3. The molecule has 9 aliphatic rings. The van der Waals surface area contributed by atoms with Gasteiger partial charge in [-0.1, -0.05) is 97.1 Å². The number of fused-ring (bicyclic) bond motifs is 1. The van der Waals surface area contributed by atoms with Gasteiger partial charge in [0.25, 0.3) is 11.8 Å². The number of hydrogen-bond acceptors (Lipinski definition) is 5.